The molecule has 1 aromatic heterocycles. The standard InChI is InChI=1S/C22H20N4O4S/c27-22(28)26-12-10-25(11-13-26)16-8-9-19-18(14-16)21(24-23-19)31(29,30)20-7-3-5-15-4-1-2-6-17(15)20/h1-9,14H,10-13H2,(H,23,24)(H,27,28). The molecule has 2 N–H and O–H groups in total. The van der Waals surface area contributed by atoms with Crippen LogP contribution in [0.4, 0.5) is 10.5 Å². The molecule has 31 heavy (non-hydrogen) atoms. The Morgan fingerprint density at radius 3 is 2.45 bits per heavy atom. The van der Waals surface area contributed by atoms with E-state index in [-0.39, 0.29) is 9.92 Å². The lowest BCUT2D eigenvalue weighted by Crippen LogP contribution is -2.48. The van der Waals surface area contributed by atoms with Gasteiger partial charge in [-0.15, -0.1) is 0 Å². The first-order valence-corrected chi connectivity index (χ1v) is 11.4. The average Bonchev–Trinajstić information content (AvgIpc) is 3.23. The third-order valence-corrected chi connectivity index (χ3v) is 7.51. The molecule has 9 heteroatoms. The number of anilines is 1. The van der Waals surface area contributed by atoms with Gasteiger partial charge in [-0.25, -0.2) is 13.2 Å². The SMILES string of the molecule is O=C(O)N1CCN(c2ccc3n[nH]c(S(=O)(=O)c4cccc5ccccc45)c3c2)CC1. The number of carbonyl (C=O) groups is 1. The molecule has 0 saturated carbocycles. The quantitative estimate of drug-likeness (QED) is 0.510. The Labute approximate surface area is 178 Å². The third kappa shape index (κ3) is 3.27. The van der Waals surface area contributed by atoms with Crippen molar-refractivity contribution in [3.05, 3.63) is 60.7 Å². The molecule has 0 unspecified atom stereocenters. The van der Waals surface area contributed by atoms with Crippen LogP contribution in [0.2, 0.25) is 0 Å². The predicted octanol–water partition coefficient (Wildman–Crippen LogP) is 3.35. The minimum Gasteiger partial charge on any atom is -0.465 e. The van der Waals surface area contributed by atoms with E-state index in [9.17, 15) is 13.2 Å². The molecular formula is C22H20N4O4S. The number of piperazine rings is 1. The van der Waals surface area contributed by atoms with Crippen molar-refractivity contribution in [1.82, 2.24) is 15.1 Å². The van der Waals surface area contributed by atoms with E-state index >= 15 is 0 Å². The molecule has 1 fully saturated rings. The first-order chi connectivity index (χ1) is 14.9. The number of aromatic nitrogens is 2. The third-order valence-electron chi connectivity index (χ3n) is 5.73. The number of hydrogen-bond donors (Lipinski definition) is 2. The van der Waals surface area contributed by atoms with Crippen molar-refractivity contribution in [2.45, 2.75) is 9.92 Å². The van der Waals surface area contributed by atoms with Crippen LogP contribution in [0.1, 0.15) is 0 Å². The normalized spacial score (nSPS) is 15.0. The second-order valence-corrected chi connectivity index (χ2v) is 9.35. The second kappa shape index (κ2) is 7.28. The molecule has 3 aromatic carbocycles. The van der Waals surface area contributed by atoms with E-state index in [0.29, 0.717) is 42.5 Å². The zero-order chi connectivity index (χ0) is 21.6. The molecule has 158 valence electrons. The number of nitrogens with one attached hydrogen (secondary N) is 1. The fourth-order valence-corrected chi connectivity index (χ4v) is 5.64. The number of nitrogens with zero attached hydrogens (tertiary/aromatic N) is 3. The molecule has 0 radical (unpaired) electrons. The van der Waals surface area contributed by atoms with Crippen LogP contribution in [0.3, 0.4) is 0 Å². The van der Waals surface area contributed by atoms with Crippen LogP contribution < -0.4 is 4.90 Å². The van der Waals surface area contributed by atoms with Crippen molar-refractivity contribution < 1.29 is 18.3 Å². The first kappa shape index (κ1) is 19.4. The van der Waals surface area contributed by atoms with Crippen LogP contribution in [0.15, 0.2) is 70.6 Å². The predicted molar refractivity (Wildman–Crippen MR) is 117 cm³/mol. The van der Waals surface area contributed by atoms with E-state index in [1.165, 1.54) is 4.90 Å². The van der Waals surface area contributed by atoms with Gasteiger partial charge >= 0.3 is 6.09 Å². The van der Waals surface area contributed by atoms with Crippen molar-refractivity contribution in [2.24, 2.45) is 0 Å². The average molecular weight is 436 g/mol. The Kier molecular flexibility index (Phi) is 4.55. The number of benzene rings is 3. The summed E-state index contributed by atoms with van der Waals surface area (Å²) in [6.45, 7) is 1.89. The fourth-order valence-electron chi connectivity index (χ4n) is 4.07. The summed E-state index contributed by atoms with van der Waals surface area (Å²) in [4.78, 5) is 14.8. The molecule has 1 amide bonds. The van der Waals surface area contributed by atoms with Gasteiger partial charge in [0.1, 0.15) is 0 Å². The number of rotatable bonds is 3. The molecule has 4 aromatic rings. The van der Waals surface area contributed by atoms with E-state index in [4.69, 9.17) is 5.11 Å². The summed E-state index contributed by atoms with van der Waals surface area (Å²) in [6, 6.07) is 18.1. The van der Waals surface area contributed by atoms with Gasteiger partial charge in [0.15, 0.2) is 5.03 Å². The summed E-state index contributed by atoms with van der Waals surface area (Å²) in [5.74, 6) is 0. The van der Waals surface area contributed by atoms with Gasteiger partial charge in [0, 0.05) is 42.6 Å². The highest BCUT2D eigenvalue weighted by atomic mass is 32.2. The number of amides is 1. The van der Waals surface area contributed by atoms with Gasteiger partial charge in [-0.3, -0.25) is 5.10 Å². The minimum absolute atomic E-state index is 0.0601. The van der Waals surface area contributed by atoms with Gasteiger partial charge in [0.05, 0.1) is 10.4 Å². The Hall–Kier alpha value is -3.59. The minimum atomic E-state index is -3.84. The lowest BCUT2D eigenvalue weighted by Gasteiger charge is -2.34. The molecule has 0 atom stereocenters. The lowest BCUT2D eigenvalue weighted by atomic mass is 10.1. The van der Waals surface area contributed by atoms with Gasteiger partial charge in [-0.05, 0) is 29.7 Å². The van der Waals surface area contributed by atoms with Gasteiger partial charge in [-0.2, -0.15) is 5.10 Å². The van der Waals surface area contributed by atoms with E-state index in [1.54, 1.807) is 24.3 Å². The molecule has 8 nitrogen and oxygen atoms in total. The van der Waals surface area contributed by atoms with Crippen LogP contribution >= 0.6 is 0 Å². The summed E-state index contributed by atoms with van der Waals surface area (Å²) in [6.07, 6.45) is -0.923. The van der Waals surface area contributed by atoms with E-state index < -0.39 is 15.9 Å². The Morgan fingerprint density at radius 2 is 1.68 bits per heavy atom. The summed E-state index contributed by atoms with van der Waals surface area (Å²) in [5.41, 5.74) is 1.40. The topological polar surface area (TPSA) is 107 Å². The fraction of sp³-hybridized carbons (Fsp3) is 0.182. The summed E-state index contributed by atoms with van der Waals surface area (Å²) >= 11 is 0. The van der Waals surface area contributed by atoms with Crippen molar-refractivity contribution in [3.8, 4) is 0 Å². The maximum Gasteiger partial charge on any atom is 0.407 e. The van der Waals surface area contributed by atoms with Gasteiger partial charge in [-0.1, -0.05) is 36.4 Å². The van der Waals surface area contributed by atoms with Crippen LogP contribution in [-0.4, -0.2) is 60.9 Å². The monoisotopic (exact) mass is 436 g/mol. The smallest absolute Gasteiger partial charge is 0.407 e. The number of sulfone groups is 1. The largest absolute Gasteiger partial charge is 0.465 e. The molecule has 0 spiro atoms. The van der Waals surface area contributed by atoms with Crippen LogP contribution in [0, 0.1) is 0 Å². The van der Waals surface area contributed by atoms with E-state index in [2.05, 4.69) is 15.1 Å². The highest BCUT2D eigenvalue weighted by molar-refractivity contribution is 7.91. The zero-order valence-corrected chi connectivity index (χ0v) is 17.3. The van der Waals surface area contributed by atoms with E-state index in [1.807, 2.05) is 36.4 Å². The molecular weight excluding hydrogens is 416 g/mol. The second-order valence-electron chi connectivity index (χ2n) is 7.49. The Balaban J connectivity index is 1.56. The number of carboxylic acid groups (broad SMARTS) is 1. The molecule has 1 aliphatic rings. The summed E-state index contributed by atoms with van der Waals surface area (Å²) in [5, 5.41) is 18.2. The Morgan fingerprint density at radius 1 is 0.935 bits per heavy atom. The van der Waals surface area contributed by atoms with Crippen LogP contribution in [0.5, 0.6) is 0 Å². The Bertz CT molecular complexity index is 1400. The number of H-pyrrole nitrogens is 1. The molecule has 2 heterocycles. The van der Waals surface area contributed by atoms with Gasteiger partial charge in [0.25, 0.3) is 0 Å². The van der Waals surface area contributed by atoms with Gasteiger partial charge in [0.2, 0.25) is 9.84 Å². The maximum atomic E-state index is 13.6. The van der Waals surface area contributed by atoms with Crippen LogP contribution in [0.25, 0.3) is 21.7 Å². The number of aromatic amines is 1. The summed E-state index contributed by atoms with van der Waals surface area (Å²) < 4.78 is 27.1. The maximum absolute atomic E-state index is 13.6. The molecule has 0 bridgehead atoms. The molecule has 0 aliphatic carbocycles. The van der Waals surface area contributed by atoms with Crippen LogP contribution in [-0.2, 0) is 9.84 Å². The summed E-state index contributed by atoms with van der Waals surface area (Å²) in [7, 11) is -3.84. The first-order valence-electron chi connectivity index (χ1n) is 9.89. The highest BCUT2D eigenvalue weighted by Crippen LogP contribution is 2.33. The van der Waals surface area contributed by atoms with Gasteiger partial charge < -0.3 is 14.9 Å². The lowest BCUT2D eigenvalue weighted by molar-refractivity contribution is 0.142. The zero-order valence-electron chi connectivity index (χ0n) is 16.5. The number of fused-ring (bicyclic) bond motifs is 2. The molecule has 5 rings (SSSR count). The number of hydrogen-bond acceptors (Lipinski definition) is 5. The molecule has 1 saturated heterocycles. The van der Waals surface area contributed by atoms with E-state index in [0.717, 1.165) is 11.1 Å². The van der Waals surface area contributed by atoms with Crippen molar-refractivity contribution in [2.75, 3.05) is 31.1 Å². The van der Waals surface area contributed by atoms with Crippen molar-refractivity contribution >= 4 is 43.3 Å². The molecule has 1 aliphatic heterocycles. The van der Waals surface area contributed by atoms with Crippen molar-refractivity contribution in [3.63, 3.8) is 0 Å². The highest BCUT2D eigenvalue weighted by Gasteiger charge is 2.26. The van der Waals surface area contributed by atoms with Crippen molar-refractivity contribution in [1.29, 1.82) is 0 Å².